The molecular formula is C20H27NO5S. The van der Waals surface area contributed by atoms with Gasteiger partial charge in [-0.1, -0.05) is 25.3 Å². The number of hydrogen-bond acceptors (Lipinski definition) is 5. The fraction of sp³-hybridized carbons (Fsp3) is 0.550. The van der Waals surface area contributed by atoms with Crippen LogP contribution in [0.2, 0.25) is 0 Å². The zero-order valence-electron chi connectivity index (χ0n) is 15.9. The van der Waals surface area contributed by atoms with E-state index in [0.717, 1.165) is 37.7 Å². The maximum Gasteiger partial charge on any atom is 0.246 e. The highest BCUT2D eigenvalue weighted by Gasteiger charge is 2.43. The smallest absolute Gasteiger partial charge is 0.246 e. The Morgan fingerprint density at radius 3 is 2.33 bits per heavy atom. The average molecular weight is 394 g/mol. The van der Waals surface area contributed by atoms with Crippen molar-refractivity contribution in [1.29, 1.82) is 0 Å². The number of likely N-dealkylation sites (tertiary alicyclic amines) is 1. The van der Waals surface area contributed by atoms with E-state index in [1.165, 1.54) is 6.08 Å². The van der Waals surface area contributed by atoms with Gasteiger partial charge in [-0.25, -0.2) is 8.42 Å². The number of ether oxygens (including phenoxy) is 2. The van der Waals surface area contributed by atoms with E-state index in [9.17, 15) is 13.2 Å². The molecule has 1 aromatic rings. The number of rotatable bonds is 6. The Hall–Kier alpha value is -2.02. The van der Waals surface area contributed by atoms with Gasteiger partial charge >= 0.3 is 0 Å². The van der Waals surface area contributed by atoms with Gasteiger partial charge in [0.1, 0.15) is 0 Å². The number of amides is 1. The first-order valence-corrected chi connectivity index (χ1v) is 11.0. The van der Waals surface area contributed by atoms with Crippen LogP contribution in [0.3, 0.4) is 0 Å². The second kappa shape index (κ2) is 8.33. The van der Waals surface area contributed by atoms with E-state index in [0.29, 0.717) is 24.6 Å². The largest absolute Gasteiger partial charge is 0.493 e. The molecule has 0 unspecified atom stereocenters. The summed E-state index contributed by atoms with van der Waals surface area (Å²) in [5, 5.41) is -0.616. The van der Waals surface area contributed by atoms with Crippen molar-refractivity contribution < 1.29 is 22.7 Å². The highest BCUT2D eigenvalue weighted by Crippen LogP contribution is 2.30. The third-order valence-electron chi connectivity index (χ3n) is 5.47. The Labute approximate surface area is 161 Å². The molecular weight excluding hydrogens is 366 g/mol. The van der Waals surface area contributed by atoms with Crippen LogP contribution < -0.4 is 9.47 Å². The second-order valence-electron chi connectivity index (χ2n) is 7.16. The lowest BCUT2D eigenvalue weighted by molar-refractivity contribution is -0.128. The zero-order chi connectivity index (χ0) is 19.4. The molecule has 3 rings (SSSR count). The number of carbonyl (C=O) groups is 1. The third-order valence-corrected chi connectivity index (χ3v) is 8.10. The number of benzene rings is 1. The first kappa shape index (κ1) is 19.7. The second-order valence-corrected chi connectivity index (χ2v) is 9.67. The molecule has 1 saturated heterocycles. The molecule has 7 heteroatoms. The van der Waals surface area contributed by atoms with Crippen molar-refractivity contribution in [2.75, 3.05) is 27.3 Å². The van der Waals surface area contributed by atoms with Gasteiger partial charge in [0.2, 0.25) is 5.91 Å². The molecule has 6 nitrogen and oxygen atoms in total. The van der Waals surface area contributed by atoms with Crippen LogP contribution in [0.1, 0.15) is 37.7 Å². The van der Waals surface area contributed by atoms with Gasteiger partial charge in [-0.05, 0) is 36.6 Å². The van der Waals surface area contributed by atoms with E-state index >= 15 is 0 Å². The molecule has 0 atom stereocenters. The predicted molar refractivity (Wildman–Crippen MR) is 105 cm³/mol. The minimum atomic E-state index is -3.12. The molecule has 1 aromatic carbocycles. The standard InChI is InChI=1S/C20H27NO5S/c1-25-18-10-8-15(12-19(18)26-2)9-11-20(22)21-13-17(14-21)27(23,24)16-6-4-3-5-7-16/h8-12,16-17H,3-7,13-14H2,1-2H3/b11-9+. The summed E-state index contributed by atoms with van der Waals surface area (Å²) in [4.78, 5) is 13.9. The van der Waals surface area contributed by atoms with Crippen molar-refractivity contribution in [3.05, 3.63) is 29.8 Å². The molecule has 2 aliphatic rings. The van der Waals surface area contributed by atoms with E-state index in [1.54, 1.807) is 37.3 Å². The van der Waals surface area contributed by atoms with Gasteiger partial charge in [0.05, 0.1) is 24.7 Å². The minimum absolute atomic E-state index is 0.167. The Morgan fingerprint density at radius 1 is 1.04 bits per heavy atom. The van der Waals surface area contributed by atoms with Crippen molar-refractivity contribution in [2.45, 2.75) is 42.6 Å². The predicted octanol–water partition coefficient (Wildman–Crippen LogP) is 2.68. The quantitative estimate of drug-likeness (QED) is 0.695. The number of sulfone groups is 1. The molecule has 2 fully saturated rings. The summed E-state index contributed by atoms with van der Waals surface area (Å²) in [6, 6.07) is 5.39. The molecule has 1 aliphatic heterocycles. The number of carbonyl (C=O) groups excluding carboxylic acids is 1. The van der Waals surface area contributed by atoms with Crippen molar-refractivity contribution in [1.82, 2.24) is 4.90 Å². The molecule has 148 valence electrons. The van der Waals surface area contributed by atoms with Crippen LogP contribution >= 0.6 is 0 Å². The fourth-order valence-electron chi connectivity index (χ4n) is 3.72. The van der Waals surface area contributed by atoms with Gasteiger partial charge in [0.15, 0.2) is 21.3 Å². The van der Waals surface area contributed by atoms with Crippen molar-refractivity contribution in [3.63, 3.8) is 0 Å². The number of methoxy groups -OCH3 is 2. The van der Waals surface area contributed by atoms with Crippen LogP contribution in [0.25, 0.3) is 6.08 Å². The zero-order valence-corrected chi connectivity index (χ0v) is 16.7. The van der Waals surface area contributed by atoms with E-state index in [2.05, 4.69) is 0 Å². The number of hydrogen-bond donors (Lipinski definition) is 0. The summed E-state index contributed by atoms with van der Waals surface area (Å²) in [5.74, 6) is 1.05. The van der Waals surface area contributed by atoms with Crippen LogP contribution in [0.4, 0.5) is 0 Å². The van der Waals surface area contributed by atoms with Gasteiger partial charge in [-0.15, -0.1) is 0 Å². The Bertz CT molecular complexity index is 806. The van der Waals surface area contributed by atoms with Gasteiger partial charge in [0, 0.05) is 19.2 Å². The van der Waals surface area contributed by atoms with Gasteiger partial charge < -0.3 is 14.4 Å². The van der Waals surface area contributed by atoms with Crippen molar-refractivity contribution in [2.24, 2.45) is 0 Å². The highest BCUT2D eigenvalue weighted by atomic mass is 32.2. The summed E-state index contributed by atoms with van der Waals surface area (Å²) < 4.78 is 35.8. The molecule has 1 amide bonds. The minimum Gasteiger partial charge on any atom is -0.493 e. The first-order chi connectivity index (χ1) is 13.0. The van der Waals surface area contributed by atoms with Gasteiger partial charge in [0.25, 0.3) is 0 Å². The molecule has 0 bridgehead atoms. The topological polar surface area (TPSA) is 72.9 Å². The summed E-state index contributed by atoms with van der Waals surface area (Å²) in [5.41, 5.74) is 0.813. The van der Waals surface area contributed by atoms with Crippen LogP contribution in [0.15, 0.2) is 24.3 Å². The molecule has 0 radical (unpaired) electrons. The summed E-state index contributed by atoms with van der Waals surface area (Å²) in [6.07, 6.45) is 7.83. The fourth-order valence-corrected chi connectivity index (χ4v) is 6.03. The Morgan fingerprint density at radius 2 is 1.70 bits per heavy atom. The maximum absolute atomic E-state index is 12.7. The van der Waals surface area contributed by atoms with Crippen LogP contribution in [0.5, 0.6) is 11.5 Å². The highest BCUT2D eigenvalue weighted by molar-refractivity contribution is 7.92. The molecule has 0 aromatic heterocycles. The lowest BCUT2D eigenvalue weighted by Crippen LogP contribution is -2.58. The first-order valence-electron chi connectivity index (χ1n) is 9.37. The van der Waals surface area contributed by atoms with E-state index in [4.69, 9.17) is 9.47 Å². The normalized spacial score (nSPS) is 19.1. The molecule has 27 heavy (non-hydrogen) atoms. The van der Waals surface area contributed by atoms with Gasteiger partial charge in [-0.2, -0.15) is 0 Å². The summed E-state index contributed by atoms with van der Waals surface area (Å²) in [7, 11) is 0.00304. The molecule has 0 spiro atoms. The Kier molecular flexibility index (Phi) is 6.09. The lowest BCUT2D eigenvalue weighted by atomic mass is 10.0. The average Bonchev–Trinajstić information content (AvgIpc) is 2.65. The van der Waals surface area contributed by atoms with Crippen LogP contribution in [-0.2, 0) is 14.6 Å². The molecule has 1 saturated carbocycles. The summed E-state index contributed by atoms with van der Waals surface area (Å²) >= 11 is 0. The molecule has 1 aliphatic carbocycles. The lowest BCUT2D eigenvalue weighted by Gasteiger charge is -2.40. The SMILES string of the molecule is COc1ccc(/C=C/C(=O)N2CC(S(=O)(=O)C3CCCCC3)C2)cc1OC. The monoisotopic (exact) mass is 393 g/mol. The number of nitrogens with zero attached hydrogens (tertiary/aromatic N) is 1. The van der Waals surface area contributed by atoms with E-state index in [1.807, 2.05) is 6.07 Å². The molecule has 1 heterocycles. The van der Waals surface area contributed by atoms with Crippen LogP contribution in [0, 0.1) is 0 Å². The van der Waals surface area contributed by atoms with Crippen molar-refractivity contribution in [3.8, 4) is 11.5 Å². The van der Waals surface area contributed by atoms with Crippen molar-refractivity contribution >= 4 is 21.8 Å². The Balaban J connectivity index is 1.57. The third kappa shape index (κ3) is 4.29. The molecule has 0 N–H and O–H groups in total. The maximum atomic E-state index is 12.7. The van der Waals surface area contributed by atoms with E-state index < -0.39 is 15.1 Å². The van der Waals surface area contributed by atoms with Crippen LogP contribution in [-0.4, -0.2) is 57.0 Å². The van der Waals surface area contributed by atoms with Gasteiger partial charge in [-0.3, -0.25) is 4.79 Å². The van der Waals surface area contributed by atoms with E-state index in [-0.39, 0.29) is 11.2 Å². The summed E-state index contributed by atoms with van der Waals surface area (Å²) in [6.45, 7) is 0.599.